The summed E-state index contributed by atoms with van der Waals surface area (Å²) in [5.41, 5.74) is 2.36. The minimum atomic E-state index is -0.695. The number of nitrogens with one attached hydrogen (secondary N) is 2. The summed E-state index contributed by atoms with van der Waals surface area (Å²) >= 11 is 0. The van der Waals surface area contributed by atoms with Gasteiger partial charge >= 0.3 is 18.0 Å². The molecule has 2 amide bonds. The summed E-state index contributed by atoms with van der Waals surface area (Å²) in [5, 5.41) is 25.1. The number of carbonyl (C=O) groups is 4. The molecule has 4 rings (SSSR count). The second kappa shape index (κ2) is 46.0. The number of ether oxygens (including phenoxy) is 3. The van der Waals surface area contributed by atoms with Gasteiger partial charge in [-0.3, -0.25) is 9.59 Å². The molecule has 4 unspecified atom stereocenters. The number of aliphatic hydroxyl groups excluding tert-OH is 2. The highest BCUT2D eigenvalue weighted by Gasteiger charge is 2.23. The summed E-state index contributed by atoms with van der Waals surface area (Å²) in [6.45, 7) is 14.1. The van der Waals surface area contributed by atoms with Crippen LogP contribution in [0.5, 0.6) is 0 Å². The van der Waals surface area contributed by atoms with Gasteiger partial charge in [0.25, 0.3) is 5.91 Å². The van der Waals surface area contributed by atoms with Crippen LogP contribution in [0.4, 0.5) is 4.79 Å². The third kappa shape index (κ3) is 36.8. The van der Waals surface area contributed by atoms with E-state index in [4.69, 9.17) is 4.74 Å². The number of hydrogen-bond acceptors (Lipinski definition) is 9. The summed E-state index contributed by atoms with van der Waals surface area (Å²) in [4.78, 5) is 44.2. The molecule has 0 spiro atoms. The molecule has 0 radical (unpaired) electrons. The Kier molecular flexibility index (Phi) is 59.4. The maximum Gasteiger partial charge on any atom is 0.408 e. The van der Waals surface area contributed by atoms with E-state index in [0.717, 1.165) is 11.1 Å². The Labute approximate surface area is 387 Å². The Balaban J connectivity index is -0.0000000748. The highest BCUT2D eigenvalue weighted by Crippen LogP contribution is 2.19. The summed E-state index contributed by atoms with van der Waals surface area (Å²) in [6.07, 6.45) is -1.88. The number of alkyl carbamates (subject to hydrolysis) is 1. The van der Waals surface area contributed by atoms with Crippen LogP contribution in [0.15, 0.2) is 121 Å². The predicted molar refractivity (Wildman–Crippen MR) is 272 cm³/mol. The quantitative estimate of drug-likeness (QED) is 0.0997. The lowest BCUT2D eigenvalue weighted by atomic mass is 10.0. The van der Waals surface area contributed by atoms with E-state index < -0.39 is 36.0 Å². The van der Waals surface area contributed by atoms with Crippen molar-refractivity contribution in [2.24, 2.45) is 0 Å². The number of esters is 2. The molecule has 4 aromatic carbocycles. The van der Waals surface area contributed by atoms with Gasteiger partial charge in [-0.2, -0.15) is 0 Å². The first-order valence-corrected chi connectivity index (χ1v) is 17.6. The lowest BCUT2D eigenvalue weighted by Gasteiger charge is -2.25. The second-order valence-electron chi connectivity index (χ2n) is 12.3. The van der Waals surface area contributed by atoms with Gasteiger partial charge in [0, 0.05) is 12.5 Å². The number of amides is 2. The maximum absolute atomic E-state index is 12.1. The molecule has 0 bridgehead atoms. The summed E-state index contributed by atoms with van der Waals surface area (Å²) in [6, 6.07) is 35.8. The molecule has 0 aliphatic heterocycles. The number of aliphatic hydroxyl groups is 2. The van der Waals surface area contributed by atoms with Gasteiger partial charge in [-0.1, -0.05) is 178 Å². The van der Waals surface area contributed by atoms with Gasteiger partial charge in [0.1, 0.15) is 5.60 Å². The number of hydrogen-bond donors (Lipinski definition) is 4. The fourth-order valence-electron chi connectivity index (χ4n) is 4.23. The molecule has 4 N–H and O–H groups in total. The smallest absolute Gasteiger partial charge is 0.408 e. The van der Waals surface area contributed by atoms with Crippen LogP contribution in [0.1, 0.15) is 166 Å². The number of carbonyl (C=O) groups excluding carboxylic acids is 4. The van der Waals surface area contributed by atoms with Crippen LogP contribution in [0.3, 0.4) is 0 Å². The van der Waals surface area contributed by atoms with Gasteiger partial charge < -0.3 is 35.1 Å². The van der Waals surface area contributed by atoms with Gasteiger partial charge in [-0.05, 0) is 70.0 Å². The second-order valence-corrected chi connectivity index (χ2v) is 12.3. The Morgan fingerprint density at radius 1 is 0.508 bits per heavy atom. The normalized spacial score (nSPS) is 10.3. The topological polar surface area (TPSA) is 160 Å². The van der Waals surface area contributed by atoms with Crippen LogP contribution < -0.4 is 10.6 Å². The highest BCUT2D eigenvalue weighted by atomic mass is 16.6. The number of rotatable bonds is 8. The molecule has 4 aromatic rings. The van der Waals surface area contributed by atoms with Crippen molar-refractivity contribution < 1.29 is 43.6 Å². The summed E-state index contributed by atoms with van der Waals surface area (Å²) in [5.74, 6) is -0.721. The van der Waals surface area contributed by atoms with Crippen LogP contribution in [-0.2, 0) is 19.0 Å². The van der Waals surface area contributed by atoms with E-state index in [-0.39, 0.29) is 84.7 Å². The van der Waals surface area contributed by atoms with Gasteiger partial charge in [-0.15, -0.1) is 0 Å². The minimum absolute atomic E-state index is 0. The lowest BCUT2D eigenvalue weighted by Crippen LogP contribution is -2.38. The largest absolute Gasteiger partial charge is 0.469 e. The minimum Gasteiger partial charge on any atom is -0.469 e. The van der Waals surface area contributed by atoms with Crippen molar-refractivity contribution >= 4 is 23.9 Å². The third-order valence-corrected chi connectivity index (χ3v) is 6.76. The van der Waals surface area contributed by atoms with Crippen molar-refractivity contribution in [2.75, 3.05) is 14.2 Å². The Morgan fingerprint density at radius 3 is 1.06 bits per heavy atom. The van der Waals surface area contributed by atoms with Crippen LogP contribution in [-0.4, -0.2) is 66.2 Å². The summed E-state index contributed by atoms with van der Waals surface area (Å²) < 4.78 is 13.8. The van der Waals surface area contributed by atoms with Crippen LogP contribution in [0, 0.1) is 0 Å². The van der Waals surface area contributed by atoms with E-state index >= 15 is 0 Å². The SMILES string of the molecule is C.C.C.C.C.C.C.C.C.CC.CC(O)C(NC(=O)OC(C)(C)C)c1ccccc1.CC(O)C(NC(=O)c1ccccc1)c1ccccc1.COC(=O)c1ccccc1.COC(C)=O. The van der Waals surface area contributed by atoms with Gasteiger partial charge in [-0.25, -0.2) is 9.59 Å². The lowest BCUT2D eigenvalue weighted by molar-refractivity contribution is -0.137. The van der Waals surface area contributed by atoms with E-state index in [1.54, 1.807) is 71.0 Å². The van der Waals surface area contributed by atoms with E-state index in [0.29, 0.717) is 11.1 Å². The molecule has 0 saturated carbocycles. The standard InChI is InChI=1S/C16H17NO2.C14H21NO3.C8H8O2.C3H6O2.C2H6.9CH4/c1-12(18)15(13-8-4-2-5-9-13)17-16(19)14-10-6-3-7-11-14;1-10(16)12(11-8-6-5-7-9-11)15-13(17)18-14(2,3)4;1-10-8(9)7-5-3-2-4-6-7;1-3(4)5-2;1-2;;;;;;;;;/h2-12,15,18H,1H3,(H,17,19);5-10,12,16H,1-4H3,(H,15,17);2-6H,1H3;1-2H3;1-2H3;9*1H4. The zero-order valence-electron chi connectivity index (χ0n) is 33.1. The third-order valence-electron chi connectivity index (χ3n) is 6.76. The Bertz CT molecular complexity index is 1600. The molecule has 0 fully saturated rings. The van der Waals surface area contributed by atoms with E-state index in [1.165, 1.54) is 21.1 Å². The highest BCUT2D eigenvalue weighted by molar-refractivity contribution is 5.94. The molecular weight excluding hydrogens is 797 g/mol. The van der Waals surface area contributed by atoms with Crippen LogP contribution in [0.25, 0.3) is 0 Å². The van der Waals surface area contributed by atoms with E-state index in [2.05, 4.69) is 20.1 Å². The molecule has 0 aliphatic rings. The van der Waals surface area contributed by atoms with Crippen molar-refractivity contribution in [3.05, 3.63) is 144 Å². The van der Waals surface area contributed by atoms with Crippen LogP contribution >= 0.6 is 0 Å². The first kappa shape index (κ1) is 81.3. The molecule has 0 saturated heterocycles. The number of methoxy groups -OCH3 is 2. The molecule has 0 aliphatic carbocycles. The van der Waals surface area contributed by atoms with E-state index in [1.807, 2.05) is 98.8 Å². The van der Waals surface area contributed by atoms with Gasteiger partial charge in [0.05, 0.1) is 44.1 Å². The zero-order chi connectivity index (χ0) is 41.1. The summed E-state index contributed by atoms with van der Waals surface area (Å²) in [7, 11) is 2.72. The van der Waals surface area contributed by atoms with Crippen molar-refractivity contribution in [1.29, 1.82) is 0 Å². The fraction of sp³-hybridized carbons (Fsp3) is 0.462. The monoisotopic (exact) mass is 891 g/mol. The molecule has 0 heterocycles. The molecular formula is C52H94N2O9. The predicted octanol–water partition coefficient (Wildman–Crippen LogP) is 13.6. The molecule has 0 aromatic heterocycles. The van der Waals surface area contributed by atoms with Gasteiger partial charge in [0.2, 0.25) is 0 Å². The van der Waals surface area contributed by atoms with Crippen molar-refractivity contribution in [1.82, 2.24) is 10.6 Å². The fourth-order valence-corrected chi connectivity index (χ4v) is 4.23. The average molecular weight is 891 g/mol. The van der Waals surface area contributed by atoms with Crippen molar-refractivity contribution in [3.63, 3.8) is 0 Å². The molecule has 63 heavy (non-hydrogen) atoms. The van der Waals surface area contributed by atoms with Gasteiger partial charge in [0.15, 0.2) is 0 Å². The molecule has 11 nitrogen and oxygen atoms in total. The van der Waals surface area contributed by atoms with Crippen LogP contribution in [0.2, 0.25) is 0 Å². The molecule has 11 heteroatoms. The molecule has 366 valence electrons. The average Bonchev–Trinajstić information content (AvgIpc) is 3.17. The first-order valence-electron chi connectivity index (χ1n) is 17.6. The Hall–Kier alpha value is -5.52. The number of benzene rings is 4. The van der Waals surface area contributed by atoms with E-state index in [9.17, 15) is 29.4 Å². The zero-order valence-corrected chi connectivity index (χ0v) is 33.1. The van der Waals surface area contributed by atoms with Crippen molar-refractivity contribution in [2.45, 2.75) is 152 Å². The first-order chi connectivity index (χ1) is 25.6. The Morgan fingerprint density at radius 2 is 0.794 bits per heavy atom. The maximum atomic E-state index is 12.1. The van der Waals surface area contributed by atoms with Crippen molar-refractivity contribution in [3.8, 4) is 0 Å². The molecule has 4 atom stereocenters.